The Hall–Kier alpha value is -2.36. The van der Waals surface area contributed by atoms with E-state index in [-0.39, 0.29) is 5.41 Å². The molecule has 0 spiro atoms. The molecule has 104 valence electrons. The Bertz CT molecular complexity index is 576. The Morgan fingerprint density at radius 1 is 1.20 bits per heavy atom. The number of primary amides is 1. The quantitative estimate of drug-likeness (QED) is 0.876. The van der Waals surface area contributed by atoms with Gasteiger partial charge < -0.3 is 11.1 Å². The van der Waals surface area contributed by atoms with E-state index >= 15 is 0 Å². The van der Waals surface area contributed by atoms with Gasteiger partial charge in [-0.15, -0.1) is 0 Å². The maximum Gasteiger partial charge on any atom is 0.250 e. The normalized spacial score (nSPS) is 11.1. The monoisotopic (exact) mass is 269 g/mol. The maximum atomic E-state index is 11.0. The van der Waals surface area contributed by atoms with Gasteiger partial charge in [-0.05, 0) is 17.7 Å². The summed E-state index contributed by atoms with van der Waals surface area (Å²) in [4.78, 5) is 15.2. The Morgan fingerprint density at radius 3 is 2.45 bits per heavy atom. The molecule has 1 amide bonds. The van der Waals surface area contributed by atoms with Crippen molar-refractivity contribution >= 4 is 11.7 Å². The van der Waals surface area contributed by atoms with Crippen LogP contribution in [0.3, 0.4) is 0 Å². The number of nitrogens with one attached hydrogen (secondary N) is 1. The lowest BCUT2D eigenvalue weighted by Gasteiger charge is -2.26. The molecule has 0 aliphatic rings. The van der Waals surface area contributed by atoms with Crippen LogP contribution in [0, 0.1) is 0 Å². The first-order valence-electron chi connectivity index (χ1n) is 6.54. The second-order valence-electron chi connectivity index (χ2n) is 5.40. The van der Waals surface area contributed by atoms with E-state index in [0.29, 0.717) is 5.56 Å². The van der Waals surface area contributed by atoms with E-state index < -0.39 is 5.91 Å². The van der Waals surface area contributed by atoms with Crippen molar-refractivity contribution in [3.8, 4) is 0 Å². The molecule has 2 rings (SSSR count). The van der Waals surface area contributed by atoms with Crippen LogP contribution in [0.2, 0.25) is 0 Å². The third-order valence-electron chi connectivity index (χ3n) is 3.31. The van der Waals surface area contributed by atoms with Gasteiger partial charge in [0.2, 0.25) is 5.91 Å². The molecule has 0 unspecified atom stereocenters. The van der Waals surface area contributed by atoms with E-state index in [0.717, 1.165) is 12.4 Å². The zero-order valence-corrected chi connectivity index (χ0v) is 11.8. The highest BCUT2D eigenvalue weighted by molar-refractivity contribution is 5.92. The highest BCUT2D eigenvalue weighted by Gasteiger charge is 2.20. The molecule has 0 saturated heterocycles. The summed E-state index contributed by atoms with van der Waals surface area (Å²) in [6.45, 7) is 5.10. The van der Waals surface area contributed by atoms with Crippen LogP contribution in [-0.2, 0) is 5.41 Å². The van der Waals surface area contributed by atoms with Gasteiger partial charge in [0.05, 0.1) is 5.56 Å². The third kappa shape index (κ3) is 3.35. The molecular weight excluding hydrogens is 250 g/mol. The predicted molar refractivity (Wildman–Crippen MR) is 80.7 cm³/mol. The molecule has 4 heteroatoms. The fraction of sp³-hybridized carbons (Fsp3) is 0.250. The molecule has 0 radical (unpaired) electrons. The van der Waals surface area contributed by atoms with E-state index in [2.05, 4.69) is 36.3 Å². The van der Waals surface area contributed by atoms with Gasteiger partial charge in [-0.2, -0.15) is 0 Å². The molecule has 0 aliphatic heterocycles. The number of pyridine rings is 1. The van der Waals surface area contributed by atoms with E-state index in [9.17, 15) is 4.79 Å². The number of hydrogen-bond acceptors (Lipinski definition) is 3. The lowest BCUT2D eigenvalue weighted by atomic mass is 9.84. The average Bonchev–Trinajstić information content (AvgIpc) is 2.46. The van der Waals surface area contributed by atoms with Crippen LogP contribution in [0.15, 0.2) is 48.7 Å². The van der Waals surface area contributed by atoms with Gasteiger partial charge in [-0.1, -0.05) is 44.2 Å². The predicted octanol–water partition coefficient (Wildman–Crippen LogP) is 2.57. The molecular formula is C16H19N3O. The lowest BCUT2D eigenvalue weighted by Crippen LogP contribution is -2.27. The molecule has 1 aromatic heterocycles. The number of nitrogens with zero attached hydrogens (tertiary/aromatic N) is 1. The number of carbonyl (C=O) groups is 1. The summed E-state index contributed by atoms with van der Waals surface area (Å²) in [6.07, 6.45) is 1.49. The molecule has 0 fully saturated rings. The molecule has 3 N–H and O–H groups in total. The Morgan fingerprint density at radius 2 is 1.90 bits per heavy atom. The third-order valence-corrected chi connectivity index (χ3v) is 3.31. The van der Waals surface area contributed by atoms with Crippen LogP contribution in [0.5, 0.6) is 0 Å². The van der Waals surface area contributed by atoms with Crippen molar-refractivity contribution in [3.05, 3.63) is 59.8 Å². The molecule has 0 saturated carbocycles. The number of carbonyl (C=O) groups excluding carboxylic acids is 1. The zero-order chi connectivity index (χ0) is 14.6. The minimum atomic E-state index is -0.464. The van der Waals surface area contributed by atoms with Crippen molar-refractivity contribution < 1.29 is 4.79 Å². The van der Waals surface area contributed by atoms with E-state index in [1.54, 1.807) is 12.1 Å². The lowest BCUT2D eigenvalue weighted by molar-refractivity contribution is 0.1000. The first-order valence-corrected chi connectivity index (χ1v) is 6.54. The molecule has 20 heavy (non-hydrogen) atoms. The Balaban J connectivity index is 2.03. The molecule has 0 atom stereocenters. The van der Waals surface area contributed by atoms with Crippen molar-refractivity contribution in [3.63, 3.8) is 0 Å². The van der Waals surface area contributed by atoms with Crippen LogP contribution in [0.25, 0.3) is 0 Å². The van der Waals surface area contributed by atoms with Crippen molar-refractivity contribution in [1.82, 2.24) is 4.98 Å². The number of aromatic nitrogens is 1. The summed E-state index contributed by atoms with van der Waals surface area (Å²) in [7, 11) is 0. The van der Waals surface area contributed by atoms with Crippen LogP contribution >= 0.6 is 0 Å². The fourth-order valence-electron chi connectivity index (χ4n) is 1.95. The topological polar surface area (TPSA) is 68.0 Å². The van der Waals surface area contributed by atoms with Crippen molar-refractivity contribution in [2.45, 2.75) is 19.3 Å². The van der Waals surface area contributed by atoms with Gasteiger partial charge in [0.25, 0.3) is 0 Å². The summed E-state index contributed by atoms with van der Waals surface area (Å²) < 4.78 is 0. The average molecular weight is 269 g/mol. The minimum absolute atomic E-state index is 0.00863. The molecule has 4 nitrogen and oxygen atoms in total. The second-order valence-corrected chi connectivity index (χ2v) is 5.40. The smallest absolute Gasteiger partial charge is 0.250 e. The van der Waals surface area contributed by atoms with Crippen molar-refractivity contribution in [1.29, 1.82) is 0 Å². The number of anilines is 1. The van der Waals surface area contributed by atoms with Gasteiger partial charge >= 0.3 is 0 Å². The van der Waals surface area contributed by atoms with E-state index in [1.807, 2.05) is 18.2 Å². The molecule has 1 heterocycles. The first-order chi connectivity index (χ1) is 9.49. The summed E-state index contributed by atoms with van der Waals surface area (Å²) in [5.74, 6) is 0.271. The van der Waals surface area contributed by atoms with Gasteiger partial charge in [0.1, 0.15) is 5.82 Å². The molecule has 1 aromatic carbocycles. The zero-order valence-electron chi connectivity index (χ0n) is 11.8. The number of hydrogen-bond donors (Lipinski definition) is 2. The van der Waals surface area contributed by atoms with Gasteiger partial charge in [0, 0.05) is 18.2 Å². The first kappa shape index (κ1) is 14.1. The van der Waals surface area contributed by atoms with E-state index in [4.69, 9.17) is 5.73 Å². The van der Waals surface area contributed by atoms with Crippen LogP contribution < -0.4 is 11.1 Å². The molecule has 0 aliphatic carbocycles. The summed E-state index contributed by atoms with van der Waals surface area (Å²) in [5.41, 5.74) is 6.85. The van der Waals surface area contributed by atoms with Gasteiger partial charge in [-0.25, -0.2) is 4.98 Å². The fourth-order valence-corrected chi connectivity index (χ4v) is 1.95. The Kier molecular flexibility index (Phi) is 4.03. The summed E-state index contributed by atoms with van der Waals surface area (Å²) >= 11 is 0. The number of rotatable bonds is 5. The van der Waals surface area contributed by atoms with Gasteiger partial charge in [0.15, 0.2) is 0 Å². The number of nitrogens with two attached hydrogens (primary N) is 1. The highest BCUT2D eigenvalue weighted by atomic mass is 16.1. The molecule has 0 bridgehead atoms. The maximum absolute atomic E-state index is 11.0. The summed E-state index contributed by atoms with van der Waals surface area (Å²) in [6, 6.07) is 13.8. The minimum Gasteiger partial charge on any atom is -0.369 e. The summed E-state index contributed by atoms with van der Waals surface area (Å²) in [5, 5.41) is 3.29. The van der Waals surface area contributed by atoms with Crippen molar-refractivity contribution in [2.24, 2.45) is 5.73 Å². The number of amides is 1. The van der Waals surface area contributed by atoms with Gasteiger partial charge in [-0.3, -0.25) is 4.79 Å². The Labute approximate surface area is 119 Å². The largest absolute Gasteiger partial charge is 0.369 e. The van der Waals surface area contributed by atoms with Crippen LogP contribution in [-0.4, -0.2) is 17.4 Å². The SMILES string of the molecule is CC(C)(CNc1ccc(C(N)=O)cn1)c1ccccc1. The van der Waals surface area contributed by atoms with Crippen molar-refractivity contribution in [2.75, 3.05) is 11.9 Å². The van der Waals surface area contributed by atoms with E-state index in [1.165, 1.54) is 11.8 Å². The number of benzene rings is 1. The highest BCUT2D eigenvalue weighted by Crippen LogP contribution is 2.23. The molecule has 2 aromatic rings. The second kappa shape index (κ2) is 5.74. The van der Waals surface area contributed by atoms with Crippen LogP contribution in [0.4, 0.5) is 5.82 Å². The van der Waals surface area contributed by atoms with Crippen LogP contribution in [0.1, 0.15) is 29.8 Å². The standard InChI is InChI=1S/C16H19N3O/c1-16(2,13-6-4-3-5-7-13)11-19-14-9-8-12(10-18-14)15(17)20/h3-10H,11H2,1-2H3,(H2,17,20)(H,18,19).